The molecule has 25 valence electrons. The Morgan fingerprint density at radius 2 is 1.00 bits per heavy atom. The maximum atomic E-state index is 8.59. The van der Waals surface area contributed by atoms with Gasteiger partial charge in [0.2, 0.25) is 0 Å². The van der Waals surface area contributed by atoms with E-state index in [1.807, 2.05) is 0 Å². The van der Waals surface area contributed by atoms with E-state index in [1.54, 1.807) is 0 Å². The van der Waals surface area contributed by atoms with E-state index in [1.165, 1.54) is 0 Å². The summed E-state index contributed by atoms with van der Waals surface area (Å²) >= 11 is -4.11. The minimum atomic E-state index is -4.11. The zero-order valence-corrected chi connectivity index (χ0v) is 6.64. The minimum absolute atomic E-state index is 0. The quantitative estimate of drug-likeness (QED) is 0.446. The molecule has 0 saturated heterocycles. The molecule has 0 atom stereocenters. The molecule has 0 aromatic rings. The molecular formula is MoNaO3. The van der Waals surface area contributed by atoms with Crippen LogP contribution in [-0.2, 0) is 27.4 Å². The topological polar surface area (TPSA) is 51.2 Å². The van der Waals surface area contributed by atoms with Gasteiger partial charge in [-0.3, -0.25) is 0 Å². The van der Waals surface area contributed by atoms with Gasteiger partial charge in [-0.05, 0) is 0 Å². The summed E-state index contributed by atoms with van der Waals surface area (Å²) in [7, 11) is 0. The van der Waals surface area contributed by atoms with Gasteiger partial charge >= 0.3 is 27.4 Å². The summed E-state index contributed by atoms with van der Waals surface area (Å²) in [6, 6.07) is 0. The Labute approximate surface area is 56.5 Å². The Morgan fingerprint density at radius 1 is 1.00 bits per heavy atom. The molecule has 0 aromatic carbocycles. The molecule has 0 aromatic heterocycles. The summed E-state index contributed by atoms with van der Waals surface area (Å²) in [5.74, 6) is 0. The fourth-order valence-electron chi connectivity index (χ4n) is 0. The van der Waals surface area contributed by atoms with E-state index in [0.29, 0.717) is 0 Å². The molecule has 0 aliphatic rings. The van der Waals surface area contributed by atoms with Crippen LogP contribution in [0.15, 0.2) is 0 Å². The van der Waals surface area contributed by atoms with Crippen molar-refractivity contribution in [2.75, 3.05) is 0 Å². The van der Waals surface area contributed by atoms with Gasteiger partial charge in [0.05, 0.1) is 0 Å². The molecule has 0 aliphatic carbocycles. The van der Waals surface area contributed by atoms with Gasteiger partial charge in [0.15, 0.2) is 0 Å². The maximum absolute atomic E-state index is 8.59. The average molecular weight is 167 g/mol. The van der Waals surface area contributed by atoms with Gasteiger partial charge < -0.3 is 0 Å². The molecule has 0 N–H and O–H groups in total. The normalized spacial score (nSPS) is 4.80. The van der Waals surface area contributed by atoms with E-state index in [-0.39, 0.29) is 29.6 Å². The summed E-state index contributed by atoms with van der Waals surface area (Å²) in [4.78, 5) is 0. The molecule has 0 spiro atoms. The van der Waals surface area contributed by atoms with Crippen LogP contribution in [0.1, 0.15) is 0 Å². The monoisotopic (exact) mass is 169 g/mol. The van der Waals surface area contributed by atoms with Gasteiger partial charge in [0.1, 0.15) is 0 Å². The van der Waals surface area contributed by atoms with Crippen LogP contribution >= 0.6 is 0 Å². The SMILES string of the molecule is [Na].[O]=[Mo](=[O])=[O]. The first-order chi connectivity index (χ1) is 1.73. The van der Waals surface area contributed by atoms with Crippen LogP contribution in [0.4, 0.5) is 0 Å². The van der Waals surface area contributed by atoms with Crippen molar-refractivity contribution in [1.29, 1.82) is 0 Å². The summed E-state index contributed by atoms with van der Waals surface area (Å²) in [5, 5.41) is 0. The average Bonchev–Trinajstić information content (AvgIpc) is 0.811. The summed E-state index contributed by atoms with van der Waals surface area (Å²) in [6.45, 7) is 0. The van der Waals surface area contributed by atoms with Crippen LogP contribution < -0.4 is 0 Å². The Balaban J connectivity index is 0. The van der Waals surface area contributed by atoms with Crippen molar-refractivity contribution in [2.45, 2.75) is 0 Å². The first-order valence-electron chi connectivity index (χ1n) is 0.500. The fraction of sp³-hybridized carbons (Fsp3) is 0. The van der Waals surface area contributed by atoms with Crippen molar-refractivity contribution in [3.8, 4) is 0 Å². The Hall–Kier alpha value is 1.09. The van der Waals surface area contributed by atoms with Crippen molar-refractivity contribution in [1.82, 2.24) is 0 Å². The number of hydrogen-bond donors (Lipinski definition) is 0. The van der Waals surface area contributed by atoms with Crippen LogP contribution in [0.25, 0.3) is 0 Å². The standard InChI is InChI=1S/Mo.Na.3O. The molecule has 0 bridgehead atoms. The molecule has 0 amide bonds. The molecule has 0 heterocycles. The van der Waals surface area contributed by atoms with E-state index in [0.717, 1.165) is 0 Å². The van der Waals surface area contributed by atoms with Crippen molar-refractivity contribution in [2.24, 2.45) is 0 Å². The van der Waals surface area contributed by atoms with E-state index in [9.17, 15) is 0 Å². The zero-order valence-electron chi connectivity index (χ0n) is 2.63. The van der Waals surface area contributed by atoms with E-state index >= 15 is 0 Å². The fourth-order valence-corrected chi connectivity index (χ4v) is 0. The summed E-state index contributed by atoms with van der Waals surface area (Å²) < 4.78 is 25.8. The van der Waals surface area contributed by atoms with Gasteiger partial charge in [-0.15, -0.1) is 0 Å². The van der Waals surface area contributed by atoms with Gasteiger partial charge in [-0.25, -0.2) is 0 Å². The first kappa shape index (κ1) is 9.43. The molecule has 1 radical (unpaired) electrons. The van der Waals surface area contributed by atoms with E-state index < -0.39 is 17.2 Å². The predicted octanol–water partition coefficient (Wildman–Crippen LogP) is -0.740. The Bertz CT molecular complexity index is 76.3. The van der Waals surface area contributed by atoms with Gasteiger partial charge in [0.25, 0.3) is 0 Å². The van der Waals surface area contributed by atoms with Crippen LogP contribution in [0, 0.1) is 0 Å². The summed E-state index contributed by atoms with van der Waals surface area (Å²) in [6.07, 6.45) is 0. The molecule has 0 fully saturated rings. The molecular weight excluding hydrogens is 167 g/mol. The first-order valence-corrected chi connectivity index (χ1v) is 2.96. The van der Waals surface area contributed by atoms with Gasteiger partial charge in [0, 0.05) is 29.6 Å². The summed E-state index contributed by atoms with van der Waals surface area (Å²) in [5.41, 5.74) is 0. The Kier molecular flexibility index (Phi) is 9.60. The third kappa shape index (κ3) is 41.0. The van der Waals surface area contributed by atoms with Gasteiger partial charge in [-0.1, -0.05) is 0 Å². The van der Waals surface area contributed by atoms with Crippen LogP contribution in [0.3, 0.4) is 0 Å². The second kappa shape index (κ2) is 5.09. The van der Waals surface area contributed by atoms with E-state index in [4.69, 9.17) is 10.2 Å². The second-order valence-electron chi connectivity index (χ2n) is 0.204. The second-order valence-corrected chi connectivity index (χ2v) is 1.21. The molecule has 5 heteroatoms. The molecule has 0 rings (SSSR count). The number of hydrogen-bond acceptors (Lipinski definition) is 3. The number of rotatable bonds is 0. The van der Waals surface area contributed by atoms with Crippen molar-refractivity contribution >= 4 is 29.6 Å². The molecule has 5 heavy (non-hydrogen) atoms. The van der Waals surface area contributed by atoms with Crippen LogP contribution in [0.2, 0.25) is 0 Å². The van der Waals surface area contributed by atoms with Crippen LogP contribution in [-0.4, -0.2) is 29.6 Å². The predicted molar refractivity (Wildman–Crippen MR) is 7.81 cm³/mol. The van der Waals surface area contributed by atoms with Crippen molar-refractivity contribution in [3.05, 3.63) is 0 Å². The third-order valence-electron chi connectivity index (χ3n) is 0. The van der Waals surface area contributed by atoms with Crippen molar-refractivity contribution in [3.63, 3.8) is 0 Å². The Morgan fingerprint density at radius 3 is 1.00 bits per heavy atom. The molecule has 0 unspecified atom stereocenters. The molecule has 0 aliphatic heterocycles. The van der Waals surface area contributed by atoms with Gasteiger partial charge in [-0.2, -0.15) is 0 Å². The van der Waals surface area contributed by atoms with E-state index in [2.05, 4.69) is 0 Å². The zero-order chi connectivity index (χ0) is 3.58. The van der Waals surface area contributed by atoms with Crippen molar-refractivity contribution < 1.29 is 27.4 Å². The molecule has 3 nitrogen and oxygen atoms in total. The van der Waals surface area contributed by atoms with Crippen LogP contribution in [0.5, 0.6) is 0 Å². The third-order valence-corrected chi connectivity index (χ3v) is 0. The molecule has 0 saturated carbocycles.